The smallest absolute Gasteiger partial charge is 0.306 e. The number of carboxylic acids is 1. The first kappa shape index (κ1) is 16.9. The Morgan fingerprint density at radius 2 is 2.32 bits per heavy atom. The van der Waals surface area contributed by atoms with Gasteiger partial charge in [-0.1, -0.05) is 0 Å². The van der Waals surface area contributed by atoms with Crippen molar-refractivity contribution in [3.63, 3.8) is 0 Å². The molecule has 0 radical (unpaired) electrons. The molecule has 0 aromatic carbocycles. The maximum Gasteiger partial charge on any atom is 0.306 e. The minimum absolute atomic E-state index is 0.335. The summed E-state index contributed by atoms with van der Waals surface area (Å²) in [4.78, 5) is 26.6. The molecular weight excluding hydrogens is 380 g/mol. The second-order valence-electron chi connectivity index (χ2n) is 6.66. The van der Waals surface area contributed by atoms with E-state index >= 15 is 0 Å². The fourth-order valence-electron chi connectivity index (χ4n) is 3.65. The molecule has 0 saturated carbocycles. The fourth-order valence-corrected chi connectivity index (χ4v) is 4.92. The predicted octanol–water partition coefficient (Wildman–Crippen LogP) is 2.90. The normalized spacial score (nSPS) is 16.2. The highest BCUT2D eigenvalue weighted by molar-refractivity contribution is 7.19. The third-order valence-electron chi connectivity index (χ3n) is 5.03. The van der Waals surface area contributed by atoms with Gasteiger partial charge in [0.15, 0.2) is 5.65 Å². The van der Waals surface area contributed by atoms with E-state index in [1.54, 1.807) is 24.6 Å². The summed E-state index contributed by atoms with van der Waals surface area (Å²) in [7, 11) is 1.56. The first-order valence-electron chi connectivity index (χ1n) is 8.77. The van der Waals surface area contributed by atoms with E-state index in [-0.39, 0.29) is 5.92 Å². The number of carboxylic acid groups (broad SMARTS) is 1. The van der Waals surface area contributed by atoms with Gasteiger partial charge in [0.25, 0.3) is 0 Å². The van der Waals surface area contributed by atoms with Gasteiger partial charge in [-0.15, -0.1) is 11.3 Å². The first-order chi connectivity index (χ1) is 13.6. The van der Waals surface area contributed by atoms with Crippen LogP contribution in [0.3, 0.4) is 0 Å². The van der Waals surface area contributed by atoms with Crippen LogP contribution in [-0.4, -0.2) is 43.3 Å². The predicted molar refractivity (Wildman–Crippen MR) is 104 cm³/mol. The van der Waals surface area contributed by atoms with Crippen LogP contribution in [0.25, 0.3) is 21.3 Å². The number of aromatic amines is 1. The molecule has 1 atom stereocenters. The minimum atomic E-state index is -0.739. The molecule has 0 aliphatic heterocycles. The van der Waals surface area contributed by atoms with Crippen LogP contribution in [0, 0.1) is 5.92 Å². The van der Waals surface area contributed by atoms with E-state index in [1.807, 2.05) is 6.07 Å². The Bertz CT molecular complexity index is 1220. The van der Waals surface area contributed by atoms with Crippen LogP contribution in [0.4, 0.5) is 11.5 Å². The maximum atomic E-state index is 11.4. The number of carbonyl (C=O) groups is 1. The number of anilines is 2. The van der Waals surface area contributed by atoms with Gasteiger partial charge in [0.05, 0.1) is 24.6 Å². The molecule has 5 rings (SSSR count). The van der Waals surface area contributed by atoms with Gasteiger partial charge in [0.1, 0.15) is 22.7 Å². The molecule has 0 saturated heterocycles. The monoisotopic (exact) mass is 396 g/mol. The zero-order valence-electron chi connectivity index (χ0n) is 14.9. The minimum Gasteiger partial charge on any atom is -0.481 e. The van der Waals surface area contributed by atoms with Crippen molar-refractivity contribution < 1.29 is 14.6 Å². The third-order valence-corrected chi connectivity index (χ3v) is 6.19. The topological polar surface area (TPSA) is 126 Å². The van der Waals surface area contributed by atoms with Crippen molar-refractivity contribution in [3.05, 3.63) is 29.0 Å². The molecule has 0 unspecified atom stereocenters. The lowest BCUT2D eigenvalue weighted by Gasteiger charge is -2.18. The van der Waals surface area contributed by atoms with Gasteiger partial charge >= 0.3 is 5.97 Å². The molecular formula is C18H16N6O3S. The number of aliphatic carboxylic acids is 1. The van der Waals surface area contributed by atoms with Gasteiger partial charge in [0, 0.05) is 10.3 Å². The Hall–Kier alpha value is -3.27. The standard InChI is InChI=1S/C18H16N6O3S/c1-27-16-11(4-9-6-21-24-14(9)23-16)22-15-13-10-3-2-8(18(25)26)5-12(10)28-17(13)20-7-19-15/h4,6-8H,2-3,5H2,1H3,(H,25,26)(H,19,20,22)(H,21,23,24)/t8-/m0/s1. The average Bonchev–Trinajstić information content (AvgIpc) is 3.30. The number of H-pyrrole nitrogens is 1. The molecule has 9 nitrogen and oxygen atoms in total. The van der Waals surface area contributed by atoms with E-state index in [4.69, 9.17) is 4.74 Å². The van der Waals surface area contributed by atoms with Crippen molar-refractivity contribution in [2.24, 2.45) is 5.92 Å². The van der Waals surface area contributed by atoms with E-state index in [2.05, 4.69) is 30.5 Å². The molecule has 10 heteroatoms. The number of hydrogen-bond acceptors (Lipinski definition) is 8. The zero-order valence-corrected chi connectivity index (χ0v) is 15.7. The van der Waals surface area contributed by atoms with Gasteiger partial charge in [-0.25, -0.2) is 9.97 Å². The largest absolute Gasteiger partial charge is 0.481 e. The average molecular weight is 396 g/mol. The molecule has 1 aliphatic carbocycles. The Labute approximate surface area is 162 Å². The summed E-state index contributed by atoms with van der Waals surface area (Å²) >= 11 is 1.54. The van der Waals surface area contributed by atoms with Crippen molar-refractivity contribution in [1.29, 1.82) is 0 Å². The number of rotatable bonds is 4. The Kier molecular flexibility index (Phi) is 3.86. The molecule has 4 aromatic heterocycles. The first-order valence-corrected chi connectivity index (χ1v) is 9.59. The molecule has 3 N–H and O–H groups in total. The summed E-state index contributed by atoms with van der Waals surface area (Å²) in [6.45, 7) is 0. The molecule has 0 spiro atoms. The van der Waals surface area contributed by atoms with E-state index in [9.17, 15) is 9.90 Å². The van der Waals surface area contributed by atoms with Crippen LogP contribution in [0.5, 0.6) is 5.88 Å². The number of nitrogens with one attached hydrogen (secondary N) is 2. The Balaban J connectivity index is 1.60. The zero-order chi connectivity index (χ0) is 19.3. The number of methoxy groups -OCH3 is 1. The molecule has 142 valence electrons. The van der Waals surface area contributed by atoms with Crippen LogP contribution >= 0.6 is 11.3 Å². The van der Waals surface area contributed by atoms with Crippen molar-refractivity contribution in [2.75, 3.05) is 12.4 Å². The number of fused-ring (bicyclic) bond motifs is 4. The van der Waals surface area contributed by atoms with Crippen LogP contribution < -0.4 is 10.1 Å². The van der Waals surface area contributed by atoms with Gasteiger partial charge in [0.2, 0.25) is 5.88 Å². The van der Waals surface area contributed by atoms with Crippen molar-refractivity contribution in [2.45, 2.75) is 19.3 Å². The highest BCUT2D eigenvalue weighted by atomic mass is 32.1. The molecule has 1 aliphatic rings. The van der Waals surface area contributed by atoms with Crippen LogP contribution in [0.1, 0.15) is 16.9 Å². The second-order valence-corrected chi connectivity index (χ2v) is 7.75. The van der Waals surface area contributed by atoms with E-state index in [1.165, 1.54) is 6.33 Å². The molecule has 0 amide bonds. The van der Waals surface area contributed by atoms with Gasteiger partial charge in [-0.05, 0) is 30.9 Å². The molecule has 0 fully saturated rings. The highest BCUT2D eigenvalue weighted by Crippen LogP contribution is 2.41. The number of aryl methyl sites for hydroxylation is 1. The highest BCUT2D eigenvalue weighted by Gasteiger charge is 2.29. The van der Waals surface area contributed by atoms with Gasteiger partial charge in [-0.3, -0.25) is 9.89 Å². The van der Waals surface area contributed by atoms with Crippen LogP contribution in [0.15, 0.2) is 18.6 Å². The molecule has 0 bridgehead atoms. The third kappa shape index (κ3) is 2.64. The lowest BCUT2D eigenvalue weighted by molar-refractivity contribution is -0.142. The lowest BCUT2D eigenvalue weighted by atomic mass is 9.88. The molecule has 4 aromatic rings. The van der Waals surface area contributed by atoms with Gasteiger partial charge in [-0.2, -0.15) is 10.1 Å². The number of aromatic nitrogens is 5. The Morgan fingerprint density at radius 3 is 3.14 bits per heavy atom. The van der Waals surface area contributed by atoms with Crippen molar-refractivity contribution in [3.8, 4) is 5.88 Å². The summed E-state index contributed by atoms with van der Waals surface area (Å²) in [5, 5.41) is 21.3. The number of nitrogens with zero attached hydrogens (tertiary/aromatic N) is 4. The van der Waals surface area contributed by atoms with E-state index < -0.39 is 5.97 Å². The maximum absolute atomic E-state index is 11.4. The Morgan fingerprint density at radius 1 is 1.43 bits per heavy atom. The number of pyridine rings is 1. The number of hydrogen-bond donors (Lipinski definition) is 3. The summed E-state index contributed by atoms with van der Waals surface area (Å²) < 4.78 is 5.41. The van der Waals surface area contributed by atoms with Crippen molar-refractivity contribution in [1.82, 2.24) is 25.1 Å². The summed E-state index contributed by atoms with van der Waals surface area (Å²) in [6.07, 6.45) is 5.06. The fraction of sp³-hybridized carbons (Fsp3) is 0.278. The quantitative estimate of drug-likeness (QED) is 0.481. The summed E-state index contributed by atoms with van der Waals surface area (Å²) in [5.74, 6) is 0.0206. The van der Waals surface area contributed by atoms with Crippen LogP contribution in [0.2, 0.25) is 0 Å². The number of thiophene rings is 1. The molecule has 4 heterocycles. The molecule has 28 heavy (non-hydrogen) atoms. The summed E-state index contributed by atoms with van der Waals surface area (Å²) in [6, 6.07) is 1.90. The lowest BCUT2D eigenvalue weighted by Crippen LogP contribution is -2.21. The van der Waals surface area contributed by atoms with Gasteiger partial charge < -0.3 is 15.2 Å². The number of ether oxygens (including phenoxy) is 1. The second kappa shape index (κ2) is 6.41. The summed E-state index contributed by atoms with van der Waals surface area (Å²) in [5.41, 5.74) is 2.45. The SMILES string of the molecule is COc1nc2[nH]ncc2cc1Nc1ncnc2sc3c(c12)CC[C@H](C(=O)O)C3. The van der Waals surface area contributed by atoms with Crippen LogP contribution in [-0.2, 0) is 17.6 Å². The van der Waals surface area contributed by atoms with E-state index in [0.29, 0.717) is 42.3 Å². The van der Waals surface area contributed by atoms with Crippen molar-refractivity contribution >= 4 is 50.1 Å². The van der Waals surface area contributed by atoms with E-state index in [0.717, 1.165) is 26.0 Å².